The number of carbonyl (C=O) groups is 1. The van der Waals surface area contributed by atoms with E-state index >= 15 is 0 Å². The summed E-state index contributed by atoms with van der Waals surface area (Å²) >= 11 is 7.54. The van der Waals surface area contributed by atoms with Gasteiger partial charge in [0.15, 0.2) is 0 Å². The minimum Gasteiger partial charge on any atom is -0.353 e. The van der Waals surface area contributed by atoms with Gasteiger partial charge >= 0.3 is 0 Å². The summed E-state index contributed by atoms with van der Waals surface area (Å²) in [4.78, 5) is 13.7. The molecule has 0 aromatic heterocycles. The van der Waals surface area contributed by atoms with Crippen molar-refractivity contribution >= 4 is 35.3 Å². The first-order valence-electron chi connectivity index (χ1n) is 6.67. The number of benzene rings is 2. The van der Waals surface area contributed by atoms with Crippen LogP contribution in [0.25, 0.3) is 6.08 Å². The number of hydrogen-bond donors (Lipinski definition) is 1. The second kappa shape index (κ2) is 7.91. The molecule has 4 heteroatoms. The first-order valence-corrected chi connectivity index (χ1v) is 7.87. The summed E-state index contributed by atoms with van der Waals surface area (Å²) < 4.78 is 0. The zero-order chi connectivity index (χ0) is 15.1. The van der Waals surface area contributed by atoms with Crippen molar-refractivity contribution < 1.29 is 4.79 Å². The standard InChI is InChI=1S/C17H16ClNOS/c1-2-19-17(20)12-7-13-5-3-4-6-16(13)21-15-10-8-14(18)9-11-15/h3-12H,2H2,1H3,(H,19,20). The fraction of sp³-hybridized carbons (Fsp3) is 0.118. The molecule has 1 N–H and O–H groups in total. The van der Waals surface area contributed by atoms with Gasteiger partial charge in [-0.05, 0) is 48.9 Å². The van der Waals surface area contributed by atoms with Gasteiger partial charge in [0.05, 0.1) is 0 Å². The highest BCUT2D eigenvalue weighted by Gasteiger charge is 2.02. The molecule has 0 aliphatic heterocycles. The van der Waals surface area contributed by atoms with Crippen LogP contribution in [0.2, 0.25) is 5.02 Å². The molecule has 2 aromatic carbocycles. The average Bonchev–Trinajstić information content (AvgIpc) is 2.49. The van der Waals surface area contributed by atoms with Crippen LogP contribution < -0.4 is 5.32 Å². The Kier molecular flexibility index (Phi) is 5.90. The van der Waals surface area contributed by atoms with Gasteiger partial charge in [0.25, 0.3) is 0 Å². The molecule has 0 saturated heterocycles. The molecule has 0 fully saturated rings. The van der Waals surface area contributed by atoms with Crippen molar-refractivity contribution in [3.8, 4) is 0 Å². The van der Waals surface area contributed by atoms with Gasteiger partial charge in [-0.2, -0.15) is 0 Å². The number of halogens is 1. The van der Waals surface area contributed by atoms with Crippen molar-refractivity contribution in [1.82, 2.24) is 5.32 Å². The Morgan fingerprint density at radius 3 is 2.62 bits per heavy atom. The Hall–Kier alpha value is -1.71. The maximum atomic E-state index is 11.5. The van der Waals surface area contributed by atoms with Crippen molar-refractivity contribution in [1.29, 1.82) is 0 Å². The zero-order valence-corrected chi connectivity index (χ0v) is 13.2. The highest BCUT2D eigenvalue weighted by Crippen LogP contribution is 2.31. The molecule has 0 heterocycles. The van der Waals surface area contributed by atoms with Crippen LogP contribution in [0.5, 0.6) is 0 Å². The second-order valence-corrected chi connectivity index (χ2v) is 5.87. The van der Waals surface area contributed by atoms with Gasteiger partial charge in [-0.25, -0.2) is 0 Å². The maximum absolute atomic E-state index is 11.5. The van der Waals surface area contributed by atoms with E-state index in [9.17, 15) is 4.79 Å². The van der Waals surface area contributed by atoms with Crippen molar-refractivity contribution in [3.63, 3.8) is 0 Å². The Morgan fingerprint density at radius 1 is 1.19 bits per heavy atom. The Bertz CT molecular complexity index is 637. The molecule has 0 aliphatic rings. The van der Waals surface area contributed by atoms with E-state index in [0.717, 1.165) is 20.4 Å². The lowest BCUT2D eigenvalue weighted by molar-refractivity contribution is -0.116. The molecule has 0 spiro atoms. The predicted molar refractivity (Wildman–Crippen MR) is 89.7 cm³/mol. The topological polar surface area (TPSA) is 29.1 Å². The maximum Gasteiger partial charge on any atom is 0.243 e. The molecule has 108 valence electrons. The highest BCUT2D eigenvalue weighted by atomic mass is 35.5. The third-order valence-electron chi connectivity index (χ3n) is 2.73. The van der Waals surface area contributed by atoms with Gasteiger partial charge in [0, 0.05) is 27.4 Å². The van der Waals surface area contributed by atoms with Crippen molar-refractivity contribution in [2.75, 3.05) is 6.54 Å². The van der Waals surface area contributed by atoms with Gasteiger partial charge in [0.1, 0.15) is 0 Å². The molecule has 2 rings (SSSR count). The van der Waals surface area contributed by atoms with Gasteiger partial charge in [-0.1, -0.05) is 41.6 Å². The van der Waals surface area contributed by atoms with Crippen LogP contribution in [0, 0.1) is 0 Å². The third kappa shape index (κ3) is 4.96. The minimum atomic E-state index is -0.0798. The number of likely N-dealkylation sites (N-methyl/N-ethyl adjacent to an activating group) is 1. The van der Waals surface area contributed by atoms with Crippen LogP contribution in [-0.4, -0.2) is 12.5 Å². The van der Waals surface area contributed by atoms with Crippen LogP contribution in [0.1, 0.15) is 12.5 Å². The van der Waals surface area contributed by atoms with Crippen molar-refractivity contribution in [2.45, 2.75) is 16.7 Å². The number of nitrogens with one attached hydrogen (secondary N) is 1. The Labute approximate surface area is 134 Å². The predicted octanol–water partition coefficient (Wildman–Crippen LogP) is 4.64. The lowest BCUT2D eigenvalue weighted by atomic mass is 10.2. The number of carbonyl (C=O) groups excluding carboxylic acids is 1. The molecular weight excluding hydrogens is 302 g/mol. The molecule has 0 bridgehead atoms. The summed E-state index contributed by atoms with van der Waals surface area (Å²) in [5.74, 6) is -0.0798. The zero-order valence-electron chi connectivity index (χ0n) is 11.7. The Morgan fingerprint density at radius 2 is 1.90 bits per heavy atom. The summed E-state index contributed by atoms with van der Waals surface area (Å²) in [6.07, 6.45) is 3.40. The first kappa shape index (κ1) is 15.7. The molecule has 21 heavy (non-hydrogen) atoms. The van der Waals surface area contributed by atoms with Gasteiger partial charge in [0.2, 0.25) is 5.91 Å². The van der Waals surface area contributed by atoms with E-state index in [-0.39, 0.29) is 5.91 Å². The summed E-state index contributed by atoms with van der Waals surface area (Å²) in [7, 11) is 0. The van der Waals surface area contributed by atoms with Crippen molar-refractivity contribution in [3.05, 3.63) is 65.2 Å². The summed E-state index contributed by atoms with van der Waals surface area (Å²) in [6.45, 7) is 2.53. The number of rotatable bonds is 5. The molecule has 0 aliphatic carbocycles. The molecule has 0 atom stereocenters. The average molecular weight is 318 g/mol. The fourth-order valence-corrected chi connectivity index (χ4v) is 2.79. The normalized spacial score (nSPS) is 10.8. The number of hydrogen-bond acceptors (Lipinski definition) is 2. The monoisotopic (exact) mass is 317 g/mol. The molecule has 0 saturated carbocycles. The molecule has 1 amide bonds. The van der Waals surface area contributed by atoms with Crippen LogP contribution in [0.3, 0.4) is 0 Å². The molecule has 2 aromatic rings. The smallest absolute Gasteiger partial charge is 0.243 e. The third-order valence-corrected chi connectivity index (χ3v) is 4.08. The van der Waals surface area contributed by atoms with E-state index in [1.165, 1.54) is 0 Å². The molecule has 0 radical (unpaired) electrons. The van der Waals surface area contributed by atoms with E-state index < -0.39 is 0 Å². The quantitative estimate of drug-likeness (QED) is 0.814. The van der Waals surface area contributed by atoms with Crippen LogP contribution in [-0.2, 0) is 4.79 Å². The van der Waals surface area contributed by atoms with E-state index in [0.29, 0.717) is 6.54 Å². The summed E-state index contributed by atoms with van der Waals surface area (Å²) in [6, 6.07) is 15.7. The summed E-state index contributed by atoms with van der Waals surface area (Å²) in [5, 5.41) is 3.47. The van der Waals surface area contributed by atoms with Crippen LogP contribution in [0.15, 0.2) is 64.4 Å². The SMILES string of the molecule is CCNC(=O)C=Cc1ccccc1Sc1ccc(Cl)cc1. The van der Waals surface area contributed by atoms with Gasteiger partial charge < -0.3 is 5.32 Å². The van der Waals surface area contributed by atoms with Gasteiger partial charge in [-0.15, -0.1) is 0 Å². The molecule has 2 nitrogen and oxygen atoms in total. The molecule has 0 unspecified atom stereocenters. The second-order valence-electron chi connectivity index (χ2n) is 4.32. The number of amides is 1. The highest BCUT2D eigenvalue weighted by molar-refractivity contribution is 7.99. The minimum absolute atomic E-state index is 0.0798. The largest absolute Gasteiger partial charge is 0.353 e. The van der Waals surface area contributed by atoms with E-state index in [2.05, 4.69) is 5.32 Å². The summed E-state index contributed by atoms with van der Waals surface area (Å²) in [5.41, 5.74) is 1.02. The fourth-order valence-electron chi connectivity index (χ4n) is 1.74. The van der Waals surface area contributed by atoms with Crippen LogP contribution >= 0.6 is 23.4 Å². The lowest BCUT2D eigenvalue weighted by Crippen LogP contribution is -2.19. The Balaban J connectivity index is 2.16. The van der Waals surface area contributed by atoms with E-state index in [1.54, 1.807) is 17.8 Å². The first-order chi connectivity index (χ1) is 10.2. The molecular formula is C17H16ClNOS. The van der Waals surface area contributed by atoms with Crippen LogP contribution in [0.4, 0.5) is 0 Å². The van der Waals surface area contributed by atoms with Crippen molar-refractivity contribution in [2.24, 2.45) is 0 Å². The van der Waals surface area contributed by atoms with E-state index in [4.69, 9.17) is 11.6 Å². The van der Waals surface area contributed by atoms with Gasteiger partial charge in [-0.3, -0.25) is 4.79 Å². The lowest BCUT2D eigenvalue weighted by Gasteiger charge is -2.06. The van der Waals surface area contributed by atoms with E-state index in [1.807, 2.05) is 61.5 Å².